The van der Waals surface area contributed by atoms with E-state index in [0.717, 1.165) is 78.6 Å². The molecule has 0 atom stereocenters. The minimum atomic E-state index is 0.835. The highest BCUT2D eigenvalue weighted by molar-refractivity contribution is 5.78. The number of hydrogen-bond donors (Lipinski definition) is 0. The summed E-state index contributed by atoms with van der Waals surface area (Å²) < 4.78 is 22.4. The summed E-state index contributed by atoms with van der Waals surface area (Å²) >= 11 is 0. The van der Waals surface area contributed by atoms with Crippen LogP contribution in [0, 0.1) is 13.8 Å². The predicted molar refractivity (Wildman–Crippen MR) is 164 cm³/mol. The Morgan fingerprint density at radius 1 is 0.325 bits per heavy atom. The highest BCUT2D eigenvalue weighted by Gasteiger charge is 2.13. The van der Waals surface area contributed by atoms with Crippen molar-refractivity contribution < 1.29 is 18.9 Å². The molecule has 0 aliphatic carbocycles. The quantitative estimate of drug-likeness (QED) is 0.201. The monoisotopic (exact) mass is 530 g/mol. The van der Waals surface area contributed by atoms with Crippen LogP contribution in [0.3, 0.4) is 0 Å². The van der Waals surface area contributed by atoms with Crippen molar-refractivity contribution in [3.05, 3.63) is 108 Å². The maximum atomic E-state index is 5.64. The molecular weight excluding hydrogens is 496 g/mol. The van der Waals surface area contributed by atoms with Crippen molar-refractivity contribution in [3.63, 3.8) is 0 Å². The lowest BCUT2D eigenvalue weighted by molar-refractivity contribution is 0.402. The molecule has 5 aromatic carbocycles. The molecule has 0 aliphatic rings. The second-order valence-corrected chi connectivity index (χ2v) is 9.78. The lowest BCUT2D eigenvalue weighted by Gasteiger charge is -2.14. The van der Waals surface area contributed by atoms with Crippen LogP contribution in [-0.2, 0) is 0 Å². The number of aryl methyl sites for hydroxylation is 2. The molecular formula is C36H34O4. The van der Waals surface area contributed by atoms with Gasteiger partial charge in [-0.1, -0.05) is 72.8 Å². The minimum Gasteiger partial charge on any atom is -0.496 e. The average molecular weight is 531 g/mol. The first-order valence-corrected chi connectivity index (χ1v) is 13.2. The average Bonchev–Trinajstić information content (AvgIpc) is 3.01. The Labute approximate surface area is 236 Å². The molecule has 202 valence electrons. The zero-order valence-corrected chi connectivity index (χ0v) is 23.9. The normalized spacial score (nSPS) is 10.8. The Kier molecular flexibility index (Phi) is 7.79. The highest BCUT2D eigenvalue weighted by atomic mass is 16.5. The van der Waals surface area contributed by atoms with Crippen LogP contribution in [0.2, 0.25) is 0 Å². The summed E-state index contributed by atoms with van der Waals surface area (Å²) in [6, 6.07) is 33.9. The van der Waals surface area contributed by atoms with Gasteiger partial charge in [0.1, 0.15) is 23.0 Å². The molecule has 0 spiro atoms. The summed E-state index contributed by atoms with van der Waals surface area (Å²) in [5, 5.41) is 0. The van der Waals surface area contributed by atoms with Gasteiger partial charge in [0.25, 0.3) is 0 Å². The van der Waals surface area contributed by atoms with E-state index < -0.39 is 0 Å². The van der Waals surface area contributed by atoms with E-state index in [1.165, 1.54) is 0 Å². The predicted octanol–water partition coefficient (Wildman–Crippen LogP) is 9.01. The summed E-state index contributed by atoms with van der Waals surface area (Å²) in [5.74, 6) is 3.37. The third-order valence-electron chi connectivity index (χ3n) is 7.38. The molecule has 4 nitrogen and oxygen atoms in total. The molecule has 0 amide bonds. The second-order valence-electron chi connectivity index (χ2n) is 9.78. The fraction of sp³-hybridized carbons (Fsp3) is 0.167. The first-order valence-electron chi connectivity index (χ1n) is 13.2. The molecule has 0 bridgehead atoms. The van der Waals surface area contributed by atoms with Gasteiger partial charge < -0.3 is 18.9 Å². The van der Waals surface area contributed by atoms with E-state index in [1.807, 2.05) is 38.1 Å². The molecule has 0 radical (unpaired) electrons. The van der Waals surface area contributed by atoms with Crippen LogP contribution in [0.4, 0.5) is 0 Å². The highest BCUT2D eigenvalue weighted by Crippen LogP contribution is 2.38. The summed E-state index contributed by atoms with van der Waals surface area (Å²) in [7, 11) is 6.78. The van der Waals surface area contributed by atoms with Crippen LogP contribution in [0.5, 0.6) is 23.0 Å². The molecule has 4 heteroatoms. The van der Waals surface area contributed by atoms with Gasteiger partial charge in [-0.25, -0.2) is 0 Å². The van der Waals surface area contributed by atoms with Crippen molar-refractivity contribution in [2.45, 2.75) is 13.8 Å². The molecule has 40 heavy (non-hydrogen) atoms. The Balaban J connectivity index is 1.37. The second kappa shape index (κ2) is 11.6. The smallest absolute Gasteiger partial charge is 0.127 e. The fourth-order valence-corrected chi connectivity index (χ4v) is 5.09. The third kappa shape index (κ3) is 5.26. The minimum absolute atomic E-state index is 0.835. The van der Waals surface area contributed by atoms with Crippen molar-refractivity contribution in [2.75, 3.05) is 28.4 Å². The maximum Gasteiger partial charge on any atom is 0.127 e. The van der Waals surface area contributed by atoms with Crippen LogP contribution in [-0.4, -0.2) is 28.4 Å². The first-order chi connectivity index (χ1) is 19.4. The van der Waals surface area contributed by atoms with E-state index in [4.69, 9.17) is 18.9 Å². The van der Waals surface area contributed by atoms with Crippen LogP contribution < -0.4 is 18.9 Å². The molecule has 0 aromatic heterocycles. The van der Waals surface area contributed by atoms with Gasteiger partial charge in [0.2, 0.25) is 0 Å². The molecule has 5 rings (SSSR count). The van der Waals surface area contributed by atoms with Crippen molar-refractivity contribution >= 4 is 0 Å². The van der Waals surface area contributed by atoms with Gasteiger partial charge in [0.15, 0.2) is 0 Å². The van der Waals surface area contributed by atoms with Gasteiger partial charge in [0.05, 0.1) is 28.4 Å². The van der Waals surface area contributed by atoms with Crippen LogP contribution in [0.25, 0.3) is 44.5 Å². The van der Waals surface area contributed by atoms with Crippen LogP contribution in [0.1, 0.15) is 11.1 Å². The summed E-state index contributed by atoms with van der Waals surface area (Å²) in [6.45, 7) is 4.04. The van der Waals surface area contributed by atoms with Gasteiger partial charge in [-0.05, 0) is 82.6 Å². The van der Waals surface area contributed by atoms with Crippen molar-refractivity contribution in [1.82, 2.24) is 0 Å². The largest absolute Gasteiger partial charge is 0.496 e. The van der Waals surface area contributed by atoms with Gasteiger partial charge in [-0.3, -0.25) is 0 Å². The lowest BCUT2D eigenvalue weighted by atomic mass is 9.96. The molecule has 0 heterocycles. The topological polar surface area (TPSA) is 36.9 Å². The number of hydrogen-bond acceptors (Lipinski definition) is 4. The Morgan fingerprint density at radius 2 is 0.575 bits per heavy atom. The Bertz CT molecular complexity index is 1490. The van der Waals surface area contributed by atoms with E-state index in [0.29, 0.717) is 0 Å². The molecule has 0 fully saturated rings. The van der Waals surface area contributed by atoms with E-state index in [2.05, 4.69) is 72.8 Å². The zero-order valence-electron chi connectivity index (χ0n) is 23.9. The maximum absolute atomic E-state index is 5.64. The third-order valence-corrected chi connectivity index (χ3v) is 7.38. The summed E-state index contributed by atoms with van der Waals surface area (Å²) in [6.07, 6.45) is 0. The van der Waals surface area contributed by atoms with Gasteiger partial charge in [-0.2, -0.15) is 0 Å². The van der Waals surface area contributed by atoms with Gasteiger partial charge in [-0.15, -0.1) is 0 Å². The van der Waals surface area contributed by atoms with Crippen LogP contribution in [0.15, 0.2) is 97.1 Å². The molecule has 0 N–H and O–H groups in total. The van der Waals surface area contributed by atoms with Crippen molar-refractivity contribution in [1.29, 1.82) is 0 Å². The molecule has 0 saturated carbocycles. The van der Waals surface area contributed by atoms with E-state index in [9.17, 15) is 0 Å². The summed E-state index contributed by atoms with van der Waals surface area (Å²) in [4.78, 5) is 0. The first kappa shape index (κ1) is 26.9. The van der Waals surface area contributed by atoms with E-state index in [-0.39, 0.29) is 0 Å². The zero-order chi connectivity index (χ0) is 28.2. The van der Waals surface area contributed by atoms with Gasteiger partial charge in [0, 0.05) is 11.1 Å². The fourth-order valence-electron chi connectivity index (χ4n) is 5.09. The lowest BCUT2D eigenvalue weighted by Crippen LogP contribution is -1.93. The number of methoxy groups -OCH3 is 4. The number of benzene rings is 5. The summed E-state index contributed by atoms with van der Waals surface area (Å²) in [5.41, 5.74) is 10.9. The van der Waals surface area contributed by atoms with Crippen LogP contribution >= 0.6 is 0 Å². The van der Waals surface area contributed by atoms with Crippen molar-refractivity contribution in [2.24, 2.45) is 0 Å². The number of ether oxygens (including phenoxy) is 4. The van der Waals surface area contributed by atoms with Gasteiger partial charge >= 0.3 is 0 Å². The Hall–Kier alpha value is -4.70. The van der Waals surface area contributed by atoms with Crippen molar-refractivity contribution in [3.8, 4) is 67.5 Å². The SMILES string of the molecule is COc1cc(-c2ccc(-c3ccc(-c4ccc(-c5cc(OC)c(C)cc5OC)cc4)cc3)cc2)c(OC)cc1C. The Morgan fingerprint density at radius 3 is 0.825 bits per heavy atom. The molecule has 5 aromatic rings. The molecule has 0 saturated heterocycles. The molecule has 0 unspecified atom stereocenters. The molecule has 0 aliphatic heterocycles. The van der Waals surface area contributed by atoms with E-state index in [1.54, 1.807) is 28.4 Å². The number of rotatable bonds is 8. The standard InChI is InChI=1S/C36H34O4/c1-23-19-35(39-5)31(21-33(23)37-3)29-15-11-27(12-16-29)25-7-9-26(10-8-25)28-13-17-30(18-14-28)32-22-34(38-4)24(2)20-36(32)40-6/h7-22H,1-6H3. The van der Waals surface area contributed by atoms with E-state index >= 15 is 0 Å².